The van der Waals surface area contributed by atoms with Gasteiger partial charge in [-0.2, -0.15) is 5.10 Å². The zero-order chi connectivity index (χ0) is 19.0. The van der Waals surface area contributed by atoms with Gasteiger partial charge in [-0.1, -0.05) is 12.1 Å². The Bertz CT molecular complexity index is 1080. The van der Waals surface area contributed by atoms with Crippen LogP contribution in [0.3, 0.4) is 0 Å². The zero-order valence-electron chi connectivity index (χ0n) is 14.5. The van der Waals surface area contributed by atoms with Crippen molar-refractivity contribution in [1.29, 1.82) is 0 Å². The predicted molar refractivity (Wildman–Crippen MR) is 97.5 cm³/mol. The predicted octanol–water partition coefficient (Wildman–Crippen LogP) is 1.63. The fourth-order valence-corrected chi connectivity index (χ4v) is 3.43. The van der Waals surface area contributed by atoms with E-state index in [1.54, 1.807) is 35.2 Å². The summed E-state index contributed by atoms with van der Waals surface area (Å²) in [5.74, 6) is -0.650. The second kappa shape index (κ2) is 6.71. The van der Waals surface area contributed by atoms with Gasteiger partial charge < -0.3 is 15.1 Å². The molecule has 1 saturated heterocycles. The minimum atomic E-state index is -0.573. The number of nitrogens with zero attached hydrogens (tertiary/aromatic N) is 2. The number of carbonyl (C=O) groups excluding carboxylic acids is 2. The topological polar surface area (TPSA) is 122 Å². The summed E-state index contributed by atoms with van der Waals surface area (Å²) in [7, 11) is 0. The van der Waals surface area contributed by atoms with Crippen molar-refractivity contribution in [3.63, 3.8) is 0 Å². The normalized spacial score (nSPS) is 15.2. The van der Waals surface area contributed by atoms with Crippen LogP contribution in [0.1, 0.15) is 45.5 Å². The molecule has 0 bridgehead atoms. The van der Waals surface area contributed by atoms with Crippen LogP contribution in [0.4, 0.5) is 0 Å². The molecule has 2 amide bonds. The van der Waals surface area contributed by atoms with Crippen LogP contribution in [0.15, 0.2) is 45.6 Å². The van der Waals surface area contributed by atoms with Crippen molar-refractivity contribution in [2.24, 2.45) is 5.73 Å². The van der Waals surface area contributed by atoms with E-state index in [-0.39, 0.29) is 28.7 Å². The van der Waals surface area contributed by atoms with Gasteiger partial charge >= 0.3 is 0 Å². The largest absolute Gasteiger partial charge is 0.451 e. The van der Waals surface area contributed by atoms with Gasteiger partial charge in [-0.25, -0.2) is 0 Å². The molecule has 1 aromatic carbocycles. The lowest BCUT2D eigenvalue weighted by atomic mass is 9.93. The number of amides is 2. The van der Waals surface area contributed by atoms with E-state index in [0.717, 1.165) is 5.69 Å². The monoisotopic (exact) mass is 366 g/mol. The highest BCUT2D eigenvalue weighted by Gasteiger charge is 2.27. The van der Waals surface area contributed by atoms with Gasteiger partial charge in [-0.15, -0.1) is 0 Å². The maximum atomic E-state index is 12.7. The number of hydrogen-bond acceptors (Lipinski definition) is 5. The van der Waals surface area contributed by atoms with E-state index in [2.05, 4.69) is 10.2 Å². The molecule has 0 radical (unpaired) electrons. The molecule has 3 N–H and O–H groups in total. The molecule has 3 heterocycles. The Morgan fingerprint density at radius 2 is 1.93 bits per heavy atom. The van der Waals surface area contributed by atoms with Gasteiger partial charge in [0.25, 0.3) is 11.8 Å². The van der Waals surface area contributed by atoms with E-state index in [9.17, 15) is 14.4 Å². The highest BCUT2D eigenvalue weighted by molar-refractivity contribution is 5.93. The maximum absolute atomic E-state index is 12.7. The van der Waals surface area contributed by atoms with Crippen molar-refractivity contribution in [3.8, 4) is 0 Å². The van der Waals surface area contributed by atoms with Crippen molar-refractivity contribution in [1.82, 2.24) is 15.1 Å². The first kappa shape index (κ1) is 17.0. The number of likely N-dealkylation sites (tertiary alicyclic amines) is 1. The van der Waals surface area contributed by atoms with E-state index in [0.29, 0.717) is 36.9 Å². The van der Waals surface area contributed by atoms with Gasteiger partial charge in [0, 0.05) is 30.8 Å². The molecule has 138 valence electrons. The first-order valence-electron chi connectivity index (χ1n) is 8.70. The van der Waals surface area contributed by atoms with Gasteiger partial charge in [-0.05, 0) is 31.0 Å². The van der Waals surface area contributed by atoms with E-state index >= 15 is 0 Å². The third-order valence-electron chi connectivity index (χ3n) is 4.92. The third kappa shape index (κ3) is 3.21. The fourth-order valence-electron chi connectivity index (χ4n) is 3.43. The summed E-state index contributed by atoms with van der Waals surface area (Å²) in [6, 6.07) is 9.78. The zero-order valence-corrected chi connectivity index (χ0v) is 14.5. The van der Waals surface area contributed by atoms with Crippen LogP contribution in [0.2, 0.25) is 0 Å². The minimum absolute atomic E-state index is 0.0507. The molecule has 8 nitrogen and oxygen atoms in total. The molecule has 8 heteroatoms. The second-order valence-corrected chi connectivity index (χ2v) is 6.61. The Morgan fingerprint density at radius 1 is 1.19 bits per heavy atom. The minimum Gasteiger partial charge on any atom is -0.451 e. The van der Waals surface area contributed by atoms with Crippen LogP contribution in [0.25, 0.3) is 11.0 Å². The first-order valence-corrected chi connectivity index (χ1v) is 8.70. The van der Waals surface area contributed by atoms with Gasteiger partial charge in [-0.3, -0.25) is 19.5 Å². The molecule has 4 rings (SSSR count). The number of fused-ring (bicyclic) bond motifs is 1. The summed E-state index contributed by atoms with van der Waals surface area (Å²) in [6.45, 7) is 1.04. The van der Waals surface area contributed by atoms with Crippen molar-refractivity contribution in [2.45, 2.75) is 18.8 Å². The lowest BCUT2D eigenvalue weighted by Crippen LogP contribution is -2.38. The average molecular weight is 366 g/mol. The first-order chi connectivity index (χ1) is 13.0. The number of aromatic nitrogens is 2. The number of hydrogen-bond donors (Lipinski definition) is 2. The summed E-state index contributed by atoms with van der Waals surface area (Å²) >= 11 is 0. The Morgan fingerprint density at radius 3 is 2.63 bits per heavy atom. The highest BCUT2D eigenvalue weighted by atomic mass is 16.3. The number of nitrogens with two attached hydrogens (primary N) is 1. The van der Waals surface area contributed by atoms with E-state index < -0.39 is 5.91 Å². The maximum Gasteiger partial charge on any atom is 0.289 e. The summed E-state index contributed by atoms with van der Waals surface area (Å²) in [5.41, 5.74) is 6.45. The van der Waals surface area contributed by atoms with Crippen molar-refractivity contribution < 1.29 is 14.0 Å². The number of para-hydroxylation sites is 1. The SMILES string of the molecule is NC(=O)c1cc(C2CCN(C(=O)c3cc(=O)c4ccccc4o3)CC2)[nH]n1. The number of primary amides is 1. The number of piperidine rings is 1. The van der Waals surface area contributed by atoms with E-state index in [4.69, 9.17) is 10.2 Å². The smallest absolute Gasteiger partial charge is 0.289 e. The molecule has 0 unspecified atom stereocenters. The van der Waals surface area contributed by atoms with E-state index in [1.807, 2.05) is 0 Å². The Labute approximate surface area is 154 Å². The van der Waals surface area contributed by atoms with Crippen LogP contribution >= 0.6 is 0 Å². The van der Waals surface area contributed by atoms with Gasteiger partial charge in [0.05, 0.1) is 5.39 Å². The average Bonchev–Trinajstić information content (AvgIpc) is 3.18. The van der Waals surface area contributed by atoms with Crippen LogP contribution in [-0.4, -0.2) is 40.0 Å². The summed E-state index contributed by atoms with van der Waals surface area (Å²) in [5, 5.41) is 7.20. The summed E-state index contributed by atoms with van der Waals surface area (Å²) in [4.78, 5) is 37.8. The van der Waals surface area contributed by atoms with Crippen molar-refractivity contribution >= 4 is 22.8 Å². The molecule has 2 aromatic heterocycles. The van der Waals surface area contributed by atoms with E-state index in [1.165, 1.54) is 6.07 Å². The molecule has 0 atom stereocenters. The molecule has 0 aliphatic carbocycles. The number of nitrogens with one attached hydrogen (secondary N) is 1. The lowest BCUT2D eigenvalue weighted by Gasteiger charge is -2.31. The molecule has 1 fully saturated rings. The molecule has 3 aromatic rings. The quantitative estimate of drug-likeness (QED) is 0.729. The number of rotatable bonds is 3. The standard InChI is InChI=1S/C19H18N4O4/c20-18(25)14-9-13(21-22-14)11-5-7-23(8-6-11)19(26)17-10-15(24)12-3-1-2-4-16(12)27-17/h1-4,9-11H,5-8H2,(H2,20,25)(H,21,22). The van der Waals surface area contributed by atoms with Crippen molar-refractivity contribution in [3.05, 3.63) is 63.8 Å². The third-order valence-corrected chi connectivity index (χ3v) is 4.92. The lowest BCUT2D eigenvalue weighted by molar-refractivity contribution is 0.0680. The van der Waals surface area contributed by atoms with Gasteiger partial charge in [0.15, 0.2) is 11.2 Å². The molecule has 27 heavy (non-hydrogen) atoms. The number of carbonyl (C=O) groups is 2. The molecule has 0 spiro atoms. The van der Waals surface area contributed by atoms with Crippen molar-refractivity contribution in [2.75, 3.05) is 13.1 Å². The Hall–Kier alpha value is -3.42. The molecular formula is C19H18N4O4. The number of benzene rings is 1. The van der Waals surface area contributed by atoms with Crippen LogP contribution < -0.4 is 11.2 Å². The highest BCUT2D eigenvalue weighted by Crippen LogP contribution is 2.28. The Kier molecular flexibility index (Phi) is 4.23. The van der Waals surface area contributed by atoms with Gasteiger partial charge in [0.2, 0.25) is 0 Å². The number of H-pyrrole nitrogens is 1. The summed E-state index contributed by atoms with van der Waals surface area (Å²) < 4.78 is 5.64. The van der Waals surface area contributed by atoms with Crippen LogP contribution in [0.5, 0.6) is 0 Å². The van der Waals surface area contributed by atoms with Gasteiger partial charge in [0.1, 0.15) is 11.3 Å². The second-order valence-electron chi connectivity index (χ2n) is 6.61. The fraction of sp³-hybridized carbons (Fsp3) is 0.263. The molecular weight excluding hydrogens is 348 g/mol. The molecule has 1 aliphatic heterocycles. The number of aromatic amines is 1. The molecule has 1 aliphatic rings. The summed E-state index contributed by atoms with van der Waals surface area (Å²) in [6.07, 6.45) is 1.42. The van der Waals surface area contributed by atoms with Crippen LogP contribution in [-0.2, 0) is 0 Å². The van der Waals surface area contributed by atoms with Crippen LogP contribution in [0, 0.1) is 0 Å². The Balaban J connectivity index is 1.48. The molecule has 0 saturated carbocycles.